The van der Waals surface area contributed by atoms with Crippen LogP contribution in [-0.2, 0) is 6.42 Å². The number of halogens is 1. The van der Waals surface area contributed by atoms with Crippen LogP contribution in [0.1, 0.15) is 72.7 Å². The van der Waals surface area contributed by atoms with E-state index in [1.54, 1.807) is 16.9 Å². The molecule has 2 amide bonds. The number of piperidine rings is 1. The molecular weight excluding hydrogens is 610 g/mol. The number of nitrogens with one attached hydrogen (secondary N) is 1. The van der Waals surface area contributed by atoms with Crippen LogP contribution in [0.4, 0.5) is 4.79 Å². The minimum Gasteiger partial charge on any atom is -0.618 e. The van der Waals surface area contributed by atoms with Gasteiger partial charge in [0.2, 0.25) is 5.69 Å². The van der Waals surface area contributed by atoms with Crippen molar-refractivity contribution in [3.8, 4) is 16.8 Å². The van der Waals surface area contributed by atoms with Crippen LogP contribution in [0.2, 0.25) is 5.02 Å². The molecule has 10 heteroatoms. The van der Waals surface area contributed by atoms with Gasteiger partial charge in [0.15, 0.2) is 6.20 Å². The molecule has 3 aromatic carbocycles. The van der Waals surface area contributed by atoms with Crippen molar-refractivity contribution < 1.29 is 9.52 Å². The Hall–Kier alpha value is -4.76. The second-order valence-corrected chi connectivity index (χ2v) is 13.1. The van der Waals surface area contributed by atoms with E-state index in [1.807, 2.05) is 47.4 Å². The molecule has 1 aliphatic carbocycles. The number of urea groups is 1. The number of aromatic nitrogens is 5. The van der Waals surface area contributed by atoms with E-state index in [1.165, 1.54) is 24.7 Å². The standard InChI is InChI=1S/C37H38ClN7O2/c38-31-14-16-35(44-25-39-41-42-44)34(23-31)30-13-15-36(45(47)24-30)33(21-26-7-2-1-3-8-26)29-10-6-9-28(22-29)27-17-19-43(20-18-27)37(46)40-32-11-4-5-12-32/h1-3,6-10,13-16,22-25,27,32-33H,4-5,11-12,17-21H2,(H,40,46)/t33-/m0/s1. The van der Waals surface area contributed by atoms with Gasteiger partial charge in [0.1, 0.15) is 6.33 Å². The molecule has 2 aliphatic rings. The molecule has 7 rings (SSSR count). The van der Waals surface area contributed by atoms with Crippen LogP contribution < -0.4 is 10.0 Å². The normalized spacial score (nSPS) is 16.3. The van der Waals surface area contributed by atoms with Gasteiger partial charge in [-0.05, 0) is 89.4 Å². The van der Waals surface area contributed by atoms with E-state index in [2.05, 4.69) is 57.2 Å². The van der Waals surface area contributed by atoms with E-state index in [-0.39, 0.29) is 11.9 Å². The average molecular weight is 648 g/mol. The molecule has 1 aliphatic heterocycles. The summed E-state index contributed by atoms with van der Waals surface area (Å²) in [5.41, 5.74) is 6.38. The topological polar surface area (TPSA) is 103 Å². The number of likely N-dealkylation sites (tertiary alicyclic amines) is 1. The molecule has 1 N–H and O–H groups in total. The van der Waals surface area contributed by atoms with Gasteiger partial charge in [-0.2, -0.15) is 9.41 Å². The highest BCUT2D eigenvalue weighted by atomic mass is 35.5. The predicted octanol–water partition coefficient (Wildman–Crippen LogP) is 6.82. The van der Waals surface area contributed by atoms with E-state index >= 15 is 0 Å². The first kappa shape index (κ1) is 30.9. The lowest BCUT2D eigenvalue weighted by Gasteiger charge is -2.33. The smallest absolute Gasteiger partial charge is 0.317 e. The lowest BCUT2D eigenvalue weighted by atomic mass is 9.84. The molecule has 1 saturated carbocycles. The Morgan fingerprint density at radius 1 is 0.957 bits per heavy atom. The lowest BCUT2D eigenvalue weighted by Crippen LogP contribution is -2.47. The van der Waals surface area contributed by atoms with Crippen LogP contribution >= 0.6 is 11.6 Å². The average Bonchev–Trinajstić information content (AvgIpc) is 3.83. The molecule has 1 atom stereocenters. The van der Waals surface area contributed by atoms with E-state index in [0.29, 0.717) is 34.7 Å². The van der Waals surface area contributed by atoms with Gasteiger partial charge in [-0.15, -0.1) is 5.10 Å². The fourth-order valence-corrected chi connectivity index (χ4v) is 7.33. The molecule has 1 saturated heterocycles. The maximum atomic E-state index is 13.9. The number of tetrazole rings is 1. The van der Waals surface area contributed by atoms with Crippen LogP contribution in [0, 0.1) is 5.21 Å². The van der Waals surface area contributed by atoms with Crippen molar-refractivity contribution in [3.05, 3.63) is 130 Å². The number of pyridine rings is 1. The Morgan fingerprint density at radius 3 is 2.51 bits per heavy atom. The van der Waals surface area contributed by atoms with Crippen molar-refractivity contribution in [3.63, 3.8) is 0 Å². The van der Waals surface area contributed by atoms with Crippen molar-refractivity contribution in [1.29, 1.82) is 0 Å². The number of amides is 2. The van der Waals surface area contributed by atoms with Gasteiger partial charge in [0.05, 0.1) is 11.6 Å². The summed E-state index contributed by atoms with van der Waals surface area (Å²) in [4.78, 5) is 14.9. The van der Waals surface area contributed by atoms with Crippen LogP contribution in [-0.4, -0.2) is 50.3 Å². The van der Waals surface area contributed by atoms with Crippen molar-refractivity contribution in [1.82, 2.24) is 30.4 Å². The second kappa shape index (κ2) is 13.9. The quantitative estimate of drug-likeness (QED) is 0.147. The Morgan fingerprint density at radius 2 is 1.77 bits per heavy atom. The lowest BCUT2D eigenvalue weighted by molar-refractivity contribution is -0.614. The second-order valence-electron chi connectivity index (χ2n) is 12.7. The minimum absolute atomic E-state index is 0.0818. The zero-order valence-corrected chi connectivity index (χ0v) is 27.0. The Bertz CT molecular complexity index is 1820. The number of benzene rings is 3. The Balaban J connectivity index is 1.15. The summed E-state index contributed by atoms with van der Waals surface area (Å²) in [5.74, 6) is 0.191. The summed E-state index contributed by atoms with van der Waals surface area (Å²) < 4.78 is 2.55. The fraction of sp³-hybridized carbons (Fsp3) is 0.324. The van der Waals surface area contributed by atoms with E-state index in [9.17, 15) is 10.0 Å². The first-order valence-electron chi connectivity index (χ1n) is 16.5. The zero-order chi connectivity index (χ0) is 32.2. The molecule has 3 heterocycles. The van der Waals surface area contributed by atoms with E-state index < -0.39 is 0 Å². The van der Waals surface area contributed by atoms with E-state index in [0.717, 1.165) is 65.9 Å². The maximum Gasteiger partial charge on any atom is 0.317 e. The third-order valence-corrected chi connectivity index (χ3v) is 9.93. The van der Waals surface area contributed by atoms with Gasteiger partial charge in [-0.1, -0.05) is 79.0 Å². The fourth-order valence-electron chi connectivity index (χ4n) is 7.16. The molecule has 0 bridgehead atoms. The van der Waals surface area contributed by atoms with Gasteiger partial charge in [-0.25, -0.2) is 4.79 Å². The highest BCUT2D eigenvalue weighted by Crippen LogP contribution is 2.34. The molecule has 0 unspecified atom stereocenters. The molecule has 9 nitrogen and oxygen atoms in total. The summed E-state index contributed by atoms with van der Waals surface area (Å²) in [7, 11) is 0. The SMILES string of the molecule is O=C(NC1CCCC1)N1CCC(c2cccc([C@H](Cc3ccccc3)c3ccc(-c4cc(Cl)ccc4-n4cnnn4)c[n+]3[O-])c2)CC1. The van der Waals surface area contributed by atoms with Crippen LogP contribution in [0.3, 0.4) is 0 Å². The van der Waals surface area contributed by atoms with Gasteiger partial charge in [0.25, 0.3) is 0 Å². The summed E-state index contributed by atoms with van der Waals surface area (Å²) in [6, 6.07) is 28.7. The van der Waals surface area contributed by atoms with Gasteiger partial charge >= 0.3 is 6.03 Å². The third kappa shape index (κ3) is 7.00. The molecule has 47 heavy (non-hydrogen) atoms. The van der Waals surface area contributed by atoms with Crippen molar-refractivity contribution in [2.75, 3.05) is 13.1 Å². The molecular formula is C37H38ClN7O2. The van der Waals surface area contributed by atoms with Crippen molar-refractivity contribution in [2.45, 2.75) is 62.8 Å². The number of carbonyl (C=O) groups is 1. The molecule has 2 aromatic heterocycles. The summed E-state index contributed by atoms with van der Waals surface area (Å²) in [6.07, 6.45) is 10.2. The number of hydrogen-bond donors (Lipinski definition) is 1. The third-order valence-electron chi connectivity index (χ3n) is 9.70. The highest BCUT2D eigenvalue weighted by Gasteiger charge is 2.28. The zero-order valence-electron chi connectivity index (χ0n) is 26.2. The number of rotatable bonds is 8. The van der Waals surface area contributed by atoms with Crippen LogP contribution in [0.5, 0.6) is 0 Å². The van der Waals surface area contributed by atoms with E-state index in [4.69, 9.17) is 11.6 Å². The Kier molecular flexibility index (Phi) is 9.15. The number of carbonyl (C=O) groups excluding carboxylic acids is 1. The predicted molar refractivity (Wildman–Crippen MR) is 181 cm³/mol. The first-order chi connectivity index (χ1) is 23.0. The maximum absolute atomic E-state index is 13.9. The van der Waals surface area contributed by atoms with Crippen LogP contribution in [0.15, 0.2) is 97.5 Å². The van der Waals surface area contributed by atoms with Gasteiger partial charge in [0, 0.05) is 41.3 Å². The molecule has 0 radical (unpaired) electrons. The van der Waals surface area contributed by atoms with Gasteiger partial charge in [-0.3, -0.25) is 0 Å². The Labute approximate surface area is 279 Å². The largest absolute Gasteiger partial charge is 0.618 e. The first-order valence-corrected chi connectivity index (χ1v) is 16.9. The highest BCUT2D eigenvalue weighted by molar-refractivity contribution is 6.31. The van der Waals surface area contributed by atoms with Crippen molar-refractivity contribution in [2.24, 2.45) is 0 Å². The molecule has 0 spiro atoms. The number of nitrogens with zero attached hydrogens (tertiary/aromatic N) is 6. The van der Waals surface area contributed by atoms with Crippen molar-refractivity contribution >= 4 is 17.6 Å². The van der Waals surface area contributed by atoms with Gasteiger partial charge < -0.3 is 15.4 Å². The summed E-state index contributed by atoms with van der Waals surface area (Å²) in [5, 5.41) is 29.3. The monoisotopic (exact) mass is 647 g/mol. The summed E-state index contributed by atoms with van der Waals surface area (Å²) >= 11 is 6.39. The molecule has 240 valence electrons. The number of hydrogen-bond acceptors (Lipinski definition) is 5. The minimum atomic E-state index is -0.167. The summed E-state index contributed by atoms with van der Waals surface area (Å²) in [6.45, 7) is 1.50. The van der Waals surface area contributed by atoms with Crippen LogP contribution in [0.25, 0.3) is 16.8 Å². The molecule has 2 fully saturated rings. The molecule has 5 aromatic rings.